The molecule has 0 radical (unpaired) electrons. The topological polar surface area (TPSA) is 115 Å². The highest BCUT2D eigenvalue weighted by Crippen LogP contribution is 2.34. The Morgan fingerprint density at radius 1 is 1.03 bits per heavy atom. The summed E-state index contributed by atoms with van der Waals surface area (Å²) in [6.45, 7) is 4.40. The van der Waals surface area contributed by atoms with Gasteiger partial charge in [0, 0.05) is 12.1 Å². The first-order valence-electron chi connectivity index (χ1n) is 11.5. The van der Waals surface area contributed by atoms with E-state index in [1.165, 1.54) is 6.07 Å². The molecule has 0 aliphatic carbocycles. The maximum Gasteiger partial charge on any atom is 0.354 e. The minimum Gasteiger partial charge on any atom is -0.488 e. The van der Waals surface area contributed by atoms with Crippen LogP contribution in [-0.2, 0) is 6.61 Å². The molecule has 0 saturated carbocycles. The zero-order valence-corrected chi connectivity index (χ0v) is 19.8. The Bertz CT molecular complexity index is 1530. The highest BCUT2D eigenvalue weighted by Gasteiger charge is 2.17. The number of ether oxygens (including phenoxy) is 1. The number of aromatic carboxylic acids is 1. The molecule has 2 aromatic carbocycles. The molecular formula is C27H24N6O3. The van der Waals surface area contributed by atoms with Gasteiger partial charge in [-0.3, -0.25) is 0 Å². The largest absolute Gasteiger partial charge is 0.488 e. The third-order valence-corrected chi connectivity index (χ3v) is 5.62. The van der Waals surface area contributed by atoms with Crippen molar-refractivity contribution < 1.29 is 14.6 Å². The van der Waals surface area contributed by atoms with Gasteiger partial charge in [0.2, 0.25) is 0 Å². The number of fused-ring (bicyclic) bond motifs is 1. The standard InChI is InChI=1S/C27H24N6O3/c1-17(2)33-16-28-32-26(33)21-12-7-13-24(31-21)30-20-11-6-10-19-25(20)23(14-22(29-19)27(34)35)36-15-18-8-4-3-5-9-18/h3-14,16-17H,15H2,1-2H3,(H,30,31)(H,34,35). The van der Waals surface area contributed by atoms with Crippen molar-refractivity contribution in [2.45, 2.75) is 26.5 Å². The molecular weight excluding hydrogens is 456 g/mol. The number of hydrogen-bond acceptors (Lipinski definition) is 7. The number of pyridine rings is 2. The predicted octanol–water partition coefficient (Wildman–Crippen LogP) is 5.49. The molecule has 9 heteroatoms. The van der Waals surface area contributed by atoms with Crippen LogP contribution >= 0.6 is 0 Å². The number of nitrogens with zero attached hydrogens (tertiary/aromatic N) is 5. The molecule has 180 valence electrons. The third kappa shape index (κ3) is 4.72. The minimum atomic E-state index is -1.12. The summed E-state index contributed by atoms with van der Waals surface area (Å²) in [4.78, 5) is 20.8. The number of carbonyl (C=O) groups is 1. The van der Waals surface area contributed by atoms with Gasteiger partial charge in [0.25, 0.3) is 0 Å². The molecule has 36 heavy (non-hydrogen) atoms. The molecule has 0 aliphatic heterocycles. The summed E-state index contributed by atoms with van der Waals surface area (Å²) in [6.07, 6.45) is 1.69. The molecule has 5 rings (SSSR count). The zero-order chi connectivity index (χ0) is 25.1. The molecule has 0 saturated heterocycles. The van der Waals surface area contributed by atoms with Crippen molar-refractivity contribution in [3.05, 3.63) is 90.4 Å². The number of hydrogen-bond donors (Lipinski definition) is 2. The second-order valence-electron chi connectivity index (χ2n) is 8.47. The molecule has 5 aromatic rings. The minimum absolute atomic E-state index is 0.0872. The van der Waals surface area contributed by atoms with E-state index in [9.17, 15) is 9.90 Å². The van der Waals surface area contributed by atoms with Crippen molar-refractivity contribution in [2.24, 2.45) is 0 Å². The molecule has 0 aliphatic rings. The molecule has 0 bridgehead atoms. The molecule has 0 amide bonds. The highest BCUT2D eigenvalue weighted by molar-refractivity contribution is 6.00. The normalized spacial score (nSPS) is 11.1. The maximum atomic E-state index is 11.7. The van der Waals surface area contributed by atoms with Crippen LogP contribution in [0.5, 0.6) is 5.75 Å². The van der Waals surface area contributed by atoms with Crippen molar-refractivity contribution in [1.82, 2.24) is 24.7 Å². The molecule has 0 atom stereocenters. The van der Waals surface area contributed by atoms with Crippen LogP contribution in [0.15, 0.2) is 79.1 Å². The summed E-state index contributed by atoms with van der Waals surface area (Å²) in [5.74, 6) is 0.560. The van der Waals surface area contributed by atoms with Crippen molar-refractivity contribution in [3.63, 3.8) is 0 Å². The maximum absolute atomic E-state index is 11.7. The Morgan fingerprint density at radius 2 is 1.83 bits per heavy atom. The number of carboxylic acids is 1. The fraction of sp³-hybridized carbons (Fsp3) is 0.148. The van der Waals surface area contributed by atoms with Gasteiger partial charge in [0.05, 0.1) is 16.6 Å². The van der Waals surface area contributed by atoms with Gasteiger partial charge in [-0.1, -0.05) is 42.5 Å². The summed E-state index contributed by atoms with van der Waals surface area (Å²) in [6, 6.07) is 22.4. The first-order valence-corrected chi connectivity index (χ1v) is 11.5. The number of rotatable bonds is 8. The van der Waals surface area contributed by atoms with Crippen LogP contribution in [0.25, 0.3) is 22.4 Å². The Balaban J connectivity index is 1.54. The quantitative estimate of drug-likeness (QED) is 0.300. The fourth-order valence-electron chi connectivity index (χ4n) is 3.88. The van der Waals surface area contributed by atoms with E-state index in [1.54, 1.807) is 12.4 Å². The van der Waals surface area contributed by atoms with Gasteiger partial charge < -0.3 is 19.7 Å². The summed E-state index contributed by atoms with van der Waals surface area (Å²) >= 11 is 0. The third-order valence-electron chi connectivity index (χ3n) is 5.62. The van der Waals surface area contributed by atoms with E-state index in [0.29, 0.717) is 39.7 Å². The Morgan fingerprint density at radius 3 is 2.61 bits per heavy atom. The Kier molecular flexibility index (Phi) is 6.27. The Labute approximate surface area is 207 Å². The van der Waals surface area contributed by atoms with E-state index < -0.39 is 5.97 Å². The number of carboxylic acid groups (broad SMARTS) is 1. The van der Waals surface area contributed by atoms with Gasteiger partial charge in [-0.25, -0.2) is 14.8 Å². The van der Waals surface area contributed by atoms with Gasteiger partial charge in [0.1, 0.15) is 30.2 Å². The fourth-order valence-corrected chi connectivity index (χ4v) is 3.88. The van der Waals surface area contributed by atoms with Crippen LogP contribution in [0.3, 0.4) is 0 Å². The second-order valence-corrected chi connectivity index (χ2v) is 8.47. The van der Waals surface area contributed by atoms with Crippen molar-refractivity contribution in [1.29, 1.82) is 0 Å². The molecule has 0 unspecified atom stereocenters. The number of benzene rings is 2. The average Bonchev–Trinajstić information content (AvgIpc) is 3.39. The second kappa shape index (κ2) is 9.83. The molecule has 0 spiro atoms. The first kappa shape index (κ1) is 23.0. The molecule has 9 nitrogen and oxygen atoms in total. The lowest BCUT2D eigenvalue weighted by molar-refractivity contribution is 0.0690. The Hall–Kier alpha value is -4.79. The van der Waals surface area contributed by atoms with Gasteiger partial charge in [0.15, 0.2) is 11.5 Å². The first-order chi connectivity index (χ1) is 17.5. The van der Waals surface area contributed by atoms with Gasteiger partial charge >= 0.3 is 5.97 Å². The van der Waals surface area contributed by atoms with Crippen LogP contribution in [0.1, 0.15) is 35.9 Å². The van der Waals surface area contributed by atoms with Gasteiger partial charge in [-0.15, -0.1) is 10.2 Å². The van der Waals surface area contributed by atoms with Crippen LogP contribution in [0, 0.1) is 0 Å². The SMILES string of the molecule is CC(C)n1cnnc1-c1cccc(Nc2cccc3nc(C(=O)O)cc(OCc4ccccc4)c23)n1. The summed E-state index contributed by atoms with van der Waals surface area (Å²) in [5, 5.41) is 21.9. The van der Waals surface area contributed by atoms with Crippen LogP contribution in [0.4, 0.5) is 11.5 Å². The van der Waals surface area contributed by atoms with E-state index in [1.807, 2.05) is 65.2 Å². The lowest BCUT2D eigenvalue weighted by atomic mass is 10.1. The van der Waals surface area contributed by atoms with Crippen LogP contribution < -0.4 is 10.1 Å². The summed E-state index contributed by atoms with van der Waals surface area (Å²) in [7, 11) is 0. The van der Waals surface area contributed by atoms with Crippen molar-refractivity contribution in [2.75, 3.05) is 5.32 Å². The molecule has 3 heterocycles. The zero-order valence-electron chi connectivity index (χ0n) is 19.8. The smallest absolute Gasteiger partial charge is 0.354 e. The molecule has 2 N–H and O–H groups in total. The molecule has 3 aromatic heterocycles. The summed E-state index contributed by atoms with van der Waals surface area (Å²) in [5.41, 5.74) is 2.75. The van der Waals surface area contributed by atoms with Gasteiger partial charge in [-0.2, -0.15) is 0 Å². The van der Waals surface area contributed by atoms with E-state index in [4.69, 9.17) is 9.72 Å². The lowest BCUT2D eigenvalue weighted by Gasteiger charge is -2.15. The number of aromatic nitrogens is 5. The van der Waals surface area contributed by atoms with E-state index in [2.05, 4.69) is 34.3 Å². The van der Waals surface area contributed by atoms with Crippen LogP contribution in [-0.4, -0.2) is 35.8 Å². The monoisotopic (exact) mass is 480 g/mol. The number of anilines is 2. The van der Waals surface area contributed by atoms with Crippen LogP contribution in [0.2, 0.25) is 0 Å². The van der Waals surface area contributed by atoms with Gasteiger partial charge in [-0.05, 0) is 43.7 Å². The van der Waals surface area contributed by atoms with E-state index in [-0.39, 0.29) is 18.3 Å². The average molecular weight is 481 g/mol. The lowest BCUT2D eigenvalue weighted by Crippen LogP contribution is -2.05. The molecule has 0 fully saturated rings. The predicted molar refractivity (Wildman–Crippen MR) is 136 cm³/mol. The van der Waals surface area contributed by atoms with E-state index >= 15 is 0 Å². The van der Waals surface area contributed by atoms with E-state index in [0.717, 1.165) is 5.56 Å². The number of nitrogens with one attached hydrogen (secondary N) is 1. The summed E-state index contributed by atoms with van der Waals surface area (Å²) < 4.78 is 8.07. The highest BCUT2D eigenvalue weighted by atomic mass is 16.5. The van der Waals surface area contributed by atoms with Crippen molar-refractivity contribution in [3.8, 4) is 17.3 Å². The van der Waals surface area contributed by atoms with Crippen molar-refractivity contribution >= 4 is 28.4 Å².